The summed E-state index contributed by atoms with van der Waals surface area (Å²) in [4.78, 5) is 49.6. The number of aromatic nitrogens is 2. The van der Waals surface area contributed by atoms with E-state index in [0.29, 0.717) is 59.5 Å². The van der Waals surface area contributed by atoms with Gasteiger partial charge in [-0.15, -0.1) is 0 Å². The van der Waals surface area contributed by atoms with Crippen LogP contribution < -0.4 is 30.7 Å². The number of urea groups is 1. The Morgan fingerprint density at radius 3 is 2.42 bits per heavy atom. The molecule has 4 heterocycles. The number of likely N-dealkylation sites (tertiary alicyclic amines) is 1. The molecule has 2 fully saturated rings. The first kappa shape index (κ1) is 39.1. The summed E-state index contributed by atoms with van der Waals surface area (Å²) in [6, 6.07) is 19.1. The number of nitrogens with two attached hydrogens (primary N) is 1. The second kappa shape index (κ2) is 16.8. The monoisotopic (exact) mass is 755 g/mol. The van der Waals surface area contributed by atoms with E-state index in [4.69, 9.17) is 15.2 Å². The van der Waals surface area contributed by atoms with Gasteiger partial charge in [-0.2, -0.15) is 0 Å². The normalized spacial score (nSPS) is 16.2. The van der Waals surface area contributed by atoms with Crippen LogP contribution in [-0.4, -0.2) is 71.6 Å². The van der Waals surface area contributed by atoms with Crippen LogP contribution in [0.15, 0.2) is 72.9 Å². The smallest absolute Gasteiger partial charge is 0.328 e. The summed E-state index contributed by atoms with van der Waals surface area (Å²) >= 11 is 0. The number of piperidine rings is 1. The number of anilines is 3. The van der Waals surface area contributed by atoms with E-state index in [-0.39, 0.29) is 43.1 Å². The van der Waals surface area contributed by atoms with Crippen molar-refractivity contribution in [2.45, 2.75) is 64.3 Å². The van der Waals surface area contributed by atoms with Crippen molar-refractivity contribution < 1.29 is 32.6 Å². The molecule has 55 heavy (non-hydrogen) atoms. The fourth-order valence-electron chi connectivity index (χ4n) is 7.21. The lowest BCUT2D eigenvalue weighted by Crippen LogP contribution is -2.49. The maximum atomic E-state index is 14.1. The summed E-state index contributed by atoms with van der Waals surface area (Å²) in [5, 5.41) is 5.61. The Labute approximate surface area is 319 Å². The van der Waals surface area contributed by atoms with Gasteiger partial charge in [0, 0.05) is 54.6 Å². The van der Waals surface area contributed by atoms with E-state index >= 15 is 0 Å². The Morgan fingerprint density at radius 2 is 1.75 bits per heavy atom. The molecule has 0 saturated carbocycles. The molecule has 4 amide bonds. The van der Waals surface area contributed by atoms with Crippen molar-refractivity contribution in [3.63, 3.8) is 0 Å². The van der Waals surface area contributed by atoms with Crippen LogP contribution in [0, 0.1) is 5.92 Å². The van der Waals surface area contributed by atoms with Gasteiger partial charge in [-0.05, 0) is 98.2 Å². The van der Waals surface area contributed by atoms with Gasteiger partial charge in [0.25, 0.3) is 12.3 Å². The van der Waals surface area contributed by atoms with E-state index in [9.17, 15) is 23.2 Å². The van der Waals surface area contributed by atoms with Crippen LogP contribution in [0.2, 0.25) is 0 Å². The van der Waals surface area contributed by atoms with Crippen molar-refractivity contribution in [3.8, 4) is 22.8 Å². The van der Waals surface area contributed by atoms with Crippen molar-refractivity contribution >= 4 is 35.0 Å². The Morgan fingerprint density at radius 1 is 1.02 bits per heavy atom. The molecule has 2 aliphatic rings. The lowest BCUT2D eigenvalue weighted by molar-refractivity contribution is -0.120. The SMILES string of the molecule is COc1ccc(C(=O)N2CCC(c3ccc(Nc4cc(-c5ccc(OC[C@@](C)(N)CC(C)C)c(C(F)F)n5)ccn4)cc3)CC2)cc1N1CCC(=O)NC1=O. The van der Waals surface area contributed by atoms with Gasteiger partial charge in [0.05, 0.1) is 18.5 Å². The van der Waals surface area contributed by atoms with Gasteiger partial charge < -0.3 is 25.4 Å². The number of halogens is 2. The second-order valence-electron chi connectivity index (χ2n) is 14.8. The number of benzene rings is 2. The summed E-state index contributed by atoms with van der Waals surface area (Å²) in [5.74, 6) is 1.10. The molecule has 12 nitrogen and oxygen atoms in total. The number of rotatable bonds is 13. The predicted octanol–water partition coefficient (Wildman–Crippen LogP) is 7.44. The topological polar surface area (TPSA) is 152 Å². The number of ether oxygens (including phenoxy) is 2. The summed E-state index contributed by atoms with van der Waals surface area (Å²) in [6.45, 7) is 7.36. The van der Waals surface area contributed by atoms with Crippen LogP contribution in [0.5, 0.6) is 11.5 Å². The first-order valence-corrected chi connectivity index (χ1v) is 18.4. The summed E-state index contributed by atoms with van der Waals surface area (Å²) in [7, 11) is 1.49. The molecule has 0 spiro atoms. The van der Waals surface area contributed by atoms with Crippen molar-refractivity contribution in [3.05, 3.63) is 89.7 Å². The number of methoxy groups -OCH3 is 1. The average Bonchev–Trinajstić information content (AvgIpc) is 3.16. The third-order valence-corrected chi connectivity index (χ3v) is 9.79. The molecule has 2 aromatic heterocycles. The average molecular weight is 756 g/mol. The molecule has 2 saturated heterocycles. The predicted molar refractivity (Wildman–Crippen MR) is 206 cm³/mol. The Hall–Kier alpha value is -5.63. The molecule has 14 heteroatoms. The minimum absolute atomic E-state index is 0.0141. The molecule has 4 N–H and O–H groups in total. The molecule has 0 bridgehead atoms. The zero-order valence-electron chi connectivity index (χ0n) is 31.5. The second-order valence-corrected chi connectivity index (χ2v) is 14.8. The van der Waals surface area contributed by atoms with E-state index < -0.39 is 23.7 Å². The van der Waals surface area contributed by atoms with Gasteiger partial charge in [0.1, 0.15) is 29.6 Å². The van der Waals surface area contributed by atoms with Gasteiger partial charge in [0.15, 0.2) is 0 Å². The number of amides is 4. The molecule has 2 aromatic carbocycles. The maximum absolute atomic E-state index is 14.1. The van der Waals surface area contributed by atoms with Gasteiger partial charge >= 0.3 is 6.03 Å². The number of carbonyl (C=O) groups excluding carboxylic acids is 3. The molecule has 0 unspecified atom stereocenters. The minimum atomic E-state index is -2.83. The highest BCUT2D eigenvalue weighted by molar-refractivity contribution is 6.07. The third kappa shape index (κ3) is 9.55. The number of imide groups is 1. The minimum Gasteiger partial charge on any atom is -0.495 e. The Balaban J connectivity index is 1.06. The molecule has 0 aliphatic carbocycles. The van der Waals surface area contributed by atoms with Crippen molar-refractivity contribution in [2.75, 3.05) is 43.6 Å². The first-order chi connectivity index (χ1) is 26.3. The highest BCUT2D eigenvalue weighted by Crippen LogP contribution is 2.35. The largest absolute Gasteiger partial charge is 0.495 e. The number of hydrogen-bond acceptors (Lipinski definition) is 9. The van der Waals surface area contributed by atoms with Crippen LogP contribution >= 0.6 is 0 Å². The van der Waals surface area contributed by atoms with Crippen molar-refractivity contribution in [1.29, 1.82) is 0 Å². The zero-order chi connectivity index (χ0) is 39.3. The zero-order valence-corrected chi connectivity index (χ0v) is 31.5. The van der Waals surface area contributed by atoms with Gasteiger partial charge in [-0.3, -0.25) is 19.8 Å². The van der Waals surface area contributed by atoms with E-state index in [1.807, 2.05) is 37.8 Å². The van der Waals surface area contributed by atoms with Gasteiger partial charge in [-0.1, -0.05) is 26.0 Å². The summed E-state index contributed by atoms with van der Waals surface area (Å²) in [6.07, 6.45) is 1.17. The standard InChI is InChI=1S/C41H47F2N7O5/c1-25(2)23-41(3,44)24-55-34-12-10-31(47-37(34)38(42)43)28-13-17-45-35(22-28)46-30-8-5-26(6-9-30)27-14-18-49(19-15-27)39(52)29-7-11-33(54-4)32(21-29)50-20-16-36(51)48-40(50)53/h5-13,17,21-22,25,27,38H,14-16,18-20,23-24,44H2,1-4H3,(H,45,46)(H,48,51,53)/t41-/m0/s1. The van der Waals surface area contributed by atoms with Crippen LogP contribution in [0.4, 0.5) is 30.8 Å². The highest BCUT2D eigenvalue weighted by Gasteiger charge is 2.30. The van der Waals surface area contributed by atoms with Crippen LogP contribution in [0.1, 0.15) is 80.4 Å². The molecule has 6 rings (SSSR count). The third-order valence-electron chi connectivity index (χ3n) is 9.79. The quantitative estimate of drug-likeness (QED) is 0.126. The lowest BCUT2D eigenvalue weighted by atomic mass is 9.89. The Kier molecular flexibility index (Phi) is 11.9. The summed E-state index contributed by atoms with van der Waals surface area (Å²) in [5.41, 5.74) is 9.05. The molecule has 290 valence electrons. The van der Waals surface area contributed by atoms with Crippen LogP contribution in [0.25, 0.3) is 11.3 Å². The number of nitrogens with zero attached hydrogens (tertiary/aromatic N) is 4. The van der Waals surface area contributed by atoms with Crippen LogP contribution in [0.3, 0.4) is 0 Å². The summed E-state index contributed by atoms with van der Waals surface area (Å²) < 4.78 is 39.4. The fraction of sp³-hybridized carbons (Fsp3) is 0.390. The number of nitrogens with one attached hydrogen (secondary N) is 2. The van der Waals surface area contributed by atoms with Gasteiger partial charge in [0.2, 0.25) is 5.91 Å². The first-order valence-electron chi connectivity index (χ1n) is 18.4. The lowest BCUT2D eigenvalue weighted by Gasteiger charge is -2.33. The molecular weight excluding hydrogens is 708 g/mol. The van der Waals surface area contributed by atoms with Gasteiger partial charge in [-0.25, -0.2) is 23.5 Å². The maximum Gasteiger partial charge on any atom is 0.328 e. The number of carbonyl (C=O) groups is 3. The van der Waals surface area contributed by atoms with E-state index in [0.717, 1.165) is 24.1 Å². The Bertz CT molecular complexity index is 2020. The van der Waals surface area contributed by atoms with E-state index in [1.165, 1.54) is 18.1 Å². The number of pyridine rings is 2. The fourth-order valence-corrected chi connectivity index (χ4v) is 7.21. The molecule has 4 aromatic rings. The highest BCUT2D eigenvalue weighted by atomic mass is 19.3. The molecular formula is C41H47F2N7O5. The van der Waals surface area contributed by atoms with E-state index in [2.05, 4.69) is 32.7 Å². The molecule has 1 atom stereocenters. The van der Waals surface area contributed by atoms with Crippen molar-refractivity contribution in [2.24, 2.45) is 11.7 Å². The molecule has 0 radical (unpaired) electrons. The van der Waals surface area contributed by atoms with Crippen molar-refractivity contribution in [1.82, 2.24) is 20.2 Å². The van der Waals surface area contributed by atoms with E-state index in [1.54, 1.807) is 42.6 Å². The number of alkyl halides is 2. The van der Waals surface area contributed by atoms with Crippen LogP contribution in [-0.2, 0) is 4.79 Å². The number of hydrogen-bond donors (Lipinski definition) is 3. The molecule has 2 aliphatic heterocycles.